The highest BCUT2D eigenvalue weighted by Crippen LogP contribution is 2.30. The number of hydrogen-bond donors (Lipinski definition) is 1. The Kier molecular flexibility index (Phi) is 2.65. The van der Waals surface area contributed by atoms with Crippen molar-refractivity contribution in [3.63, 3.8) is 0 Å². The molecule has 66 valence electrons. The van der Waals surface area contributed by atoms with Crippen molar-refractivity contribution in [3.8, 4) is 0 Å². The lowest BCUT2D eigenvalue weighted by Crippen LogP contribution is -2.11. The second-order valence-electron chi connectivity index (χ2n) is 2.59. The molecule has 0 radical (unpaired) electrons. The first-order valence-electron chi connectivity index (χ1n) is 3.67. The maximum atomic E-state index is 12.6. The van der Waals surface area contributed by atoms with E-state index in [-0.39, 0.29) is 18.5 Å². The van der Waals surface area contributed by atoms with E-state index >= 15 is 0 Å². The van der Waals surface area contributed by atoms with E-state index in [4.69, 9.17) is 9.84 Å². The van der Waals surface area contributed by atoms with Crippen LogP contribution >= 0.6 is 0 Å². The van der Waals surface area contributed by atoms with Gasteiger partial charge >= 0.3 is 0 Å². The Morgan fingerprint density at radius 1 is 1.83 bits per heavy atom. The zero-order valence-electron chi connectivity index (χ0n) is 6.72. The molecule has 0 fully saturated rings. The van der Waals surface area contributed by atoms with Gasteiger partial charge in [0.25, 0.3) is 0 Å². The molecule has 1 atom stereocenters. The predicted molar refractivity (Wildman–Crippen MR) is 44.0 cm³/mol. The molecule has 2 nitrogen and oxygen atoms in total. The Hall–Kier alpha value is -1.09. The second kappa shape index (κ2) is 3.54. The molecule has 0 bridgehead atoms. The lowest BCUT2D eigenvalue weighted by atomic mass is 10.1. The van der Waals surface area contributed by atoms with Gasteiger partial charge in [0.2, 0.25) is 0 Å². The van der Waals surface area contributed by atoms with Crippen LogP contribution in [-0.4, -0.2) is 17.8 Å². The van der Waals surface area contributed by atoms with Gasteiger partial charge in [0, 0.05) is 12.0 Å². The number of ether oxygens (including phenoxy) is 1. The average Bonchev–Trinajstić information content (AvgIpc) is 2.47. The maximum absolute atomic E-state index is 12.6. The molecule has 0 aromatic heterocycles. The molecule has 1 unspecified atom stereocenters. The summed E-state index contributed by atoms with van der Waals surface area (Å²) in [6, 6.07) is 0. The van der Waals surface area contributed by atoms with E-state index in [1.165, 1.54) is 6.08 Å². The fraction of sp³-hybridized carbons (Fsp3) is 0.333. The van der Waals surface area contributed by atoms with Gasteiger partial charge in [-0.15, -0.1) is 0 Å². The smallest absolute Gasteiger partial charge is 0.158 e. The Labute approximate surface area is 70.7 Å². The van der Waals surface area contributed by atoms with Crippen molar-refractivity contribution < 1.29 is 14.2 Å². The van der Waals surface area contributed by atoms with E-state index < -0.39 is 5.83 Å². The van der Waals surface area contributed by atoms with Crippen molar-refractivity contribution in [2.45, 2.75) is 12.5 Å². The van der Waals surface area contributed by atoms with Gasteiger partial charge in [-0.25, -0.2) is 4.39 Å². The van der Waals surface area contributed by atoms with E-state index in [1.54, 1.807) is 0 Å². The van der Waals surface area contributed by atoms with Crippen LogP contribution in [0.1, 0.15) is 6.42 Å². The van der Waals surface area contributed by atoms with Gasteiger partial charge in [-0.1, -0.05) is 19.2 Å². The minimum absolute atomic E-state index is 0.117. The van der Waals surface area contributed by atoms with Gasteiger partial charge in [-0.05, 0) is 0 Å². The van der Waals surface area contributed by atoms with Crippen molar-refractivity contribution in [1.82, 2.24) is 0 Å². The van der Waals surface area contributed by atoms with Crippen molar-refractivity contribution in [2.75, 3.05) is 6.61 Å². The van der Waals surface area contributed by atoms with Crippen LogP contribution in [0.4, 0.5) is 4.39 Å². The molecule has 0 amide bonds. The standard InChI is InChI=1S/C9H11FO2/c1-3-7-4-8(5-11)12-9(7)6(2)10/h3,8,11H,1-2,4-5H2. The Morgan fingerprint density at radius 3 is 2.83 bits per heavy atom. The number of rotatable bonds is 3. The Balaban J connectivity index is 2.80. The predicted octanol–water partition coefficient (Wildman–Crippen LogP) is 1.69. The lowest BCUT2D eigenvalue weighted by Gasteiger charge is -2.07. The summed E-state index contributed by atoms with van der Waals surface area (Å²) in [4.78, 5) is 0. The lowest BCUT2D eigenvalue weighted by molar-refractivity contribution is 0.0798. The Bertz CT molecular complexity index is 243. The highest BCUT2D eigenvalue weighted by atomic mass is 19.1. The minimum atomic E-state index is -0.610. The van der Waals surface area contributed by atoms with E-state index in [0.29, 0.717) is 12.0 Å². The summed E-state index contributed by atoms with van der Waals surface area (Å²) in [5, 5.41) is 8.74. The van der Waals surface area contributed by atoms with E-state index in [0.717, 1.165) is 0 Å². The van der Waals surface area contributed by atoms with Crippen LogP contribution in [0.3, 0.4) is 0 Å². The van der Waals surface area contributed by atoms with Gasteiger partial charge in [-0.2, -0.15) is 0 Å². The number of allylic oxidation sites excluding steroid dienone is 2. The van der Waals surface area contributed by atoms with Gasteiger partial charge in [-0.3, -0.25) is 0 Å². The molecule has 3 heteroatoms. The van der Waals surface area contributed by atoms with Crippen molar-refractivity contribution >= 4 is 0 Å². The van der Waals surface area contributed by atoms with Gasteiger partial charge in [0.15, 0.2) is 11.6 Å². The number of aliphatic hydroxyl groups excluding tert-OH is 1. The fourth-order valence-electron chi connectivity index (χ4n) is 1.14. The Morgan fingerprint density at radius 2 is 2.50 bits per heavy atom. The average molecular weight is 170 g/mol. The third-order valence-electron chi connectivity index (χ3n) is 1.72. The molecule has 0 aromatic rings. The van der Waals surface area contributed by atoms with E-state index in [2.05, 4.69) is 13.2 Å². The summed E-state index contributed by atoms with van der Waals surface area (Å²) in [7, 11) is 0. The summed E-state index contributed by atoms with van der Waals surface area (Å²) >= 11 is 0. The third-order valence-corrected chi connectivity index (χ3v) is 1.72. The molecule has 0 saturated heterocycles. The van der Waals surface area contributed by atoms with Crippen LogP contribution < -0.4 is 0 Å². The molecular weight excluding hydrogens is 159 g/mol. The SMILES string of the molecule is C=CC1=C(C(=C)F)OC(CO)C1. The molecule has 1 rings (SSSR count). The van der Waals surface area contributed by atoms with Gasteiger partial charge < -0.3 is 9.84 Å². The normalized spacial score (nSPS) is 22.3. The molecular formula is C9H11FO2. The molecule has 0 saturated carbocycles. The summed E-state index contributed by atoms with van der Waals surface area (Å²) in [6.07, 6.45) is 1.68. The molecule has 12 heavy (non-hydrogen) atoms. The van der Waals surface area contributed by atoms with Gasteiger partial charge in [0.05, 0.1) is 6.61 Å². The van der Waals surface area contributed by atoms with Crippen LogP contribution in [0.2, 0.25) is 0 Å². The highest BCUT2D eigenvalue weighted by Gasteiger charge is 2.24. The molecule has 1 N–H and O–H groups in total. The summed E-state index contributed by atoms with van der Waals surface area (Å²) in [5.41, 5.74) is 0.668. The number of aliphatic hydroxyl groups is 1. The van der Waals surface area contributed by atoms with Gasteiger partial charge in [0.1, 0.15) is 6.10 Å². The number of halogens is 1. The molecule has 1 aliphatic rings. The maximum Gasteiger partial charge on any atom is 0.158 e. The van der Waals surface area contributed by atoms with Crippen molar-refractivity contribution in [1.29, 1.82) is 0 Å². The summed E-state index contributed by atoms with van der Waals surface area (Å²) < 4.78 is 17.7. The molecule has 1 heterocycles. The largest absolute Gasteiger partial charge is 0.484 e. The van der Waals surface area contributed by atoms with E-state index in [1.807, 2.05) is 0 Å². The second-order valence-corrected chi connectivity index (χ2v) is 2.59. The fourth-order valence-corrected chi connectivity index (χ4v) is 1.14. The molecule has 1 aliphatic heterocycles. The van der Waals surface area contributed by atoms with E-state index in [9.17, 15) is 4.39 Å². The minimum Gasteiger partial charge on any atom is -0.484 e. The topological polar surface area (TPSA) is 29.5 Å². The zero-order valence-corrected chi connectivity index (χ0v) is 6.72. The monoisotopic (exact) mass is 170 g/mol. The molecule has 0 spiro atoms. The zero-order chi connectivity index (χ0) is 9.14. The van der Waals surface area contributed by atoms with Crippen molar-refractivity contribution in [2.24, 2.45) is 0 Å². The van der Waals surface area contributed by atoms with Crippen LogP contribution in [0.15, 0.2) is 36.4 Å². The third kappa shape index (κ3) is 1.56. The van der Waals surface area contributed by atoms with Crippen LogP contribution in [-0.2, 0) is 4.74 Å². The van der Waals surface area contributed by atoms with Crippen LogP contribution in [0, 0.1) is 0 Å². The molecule has 0 aliphatic carbocycles. The van der Waals surface area contributed by atoms with Crippen molar-refractivity contribution in [3.05, 3.63) is 36.4 Å². The first-order valence-corrected chi connectivity index (χ1v) is 3.67. The number of hydrogen-bond acceptors (Lipinski definition) is 2. The summed E-state index contributed by atoms with van der Waals surface area (Å²) in [5.74, 6) is -0.482. The highest BCUT2D eigenvalue weighted by molar-refractivity contribution is 5.34. The molecule has 0 aromatic carbocycles. The first-order chi connectivity index (χ1) is 5.69. The van der Waals surface area contributed by atoms with Crippen LogP contribution in [0.25, 0.3) is 0 Å². The van der Waals surface area contributed by atoms with Crippen LogP contribution in [0.5, 0.6) is 0 Å². The first kappa shape index (κ1) is 9.00. The summed E-state index contributed by atoms with van der Waals surface area (Å²) in [6.45, 7) is 6.52. The quantitative estimate of drug-likeness (QED) is 0.698.